The standard InChI is InChI=1S/C13H21BFN3O2/c1-13(2,3)20-12(19)18-7-8(15)5-9(18)11-16-6-10(14-4)17-11/h6,8-9,14H,5,7H2,1-4H3,(H,16,17)/t8-,9?/m1/s1. The Morgan fingerprint density at radius 2 is 2.30 bits per heavy atom. The maximum atomic E-state index is 13.7. The number of aromatic amines is 1. The molecule has 0 spiro atoms. The topological polar surface area (TPSA) is 58.2 Å². The largest absolute Gasteiger partial charge is 0.444 e. The summed E-state index contributed by atoms with van der Waals surface area (Å²) < 4.78 is 19.0. The Balaban J connectivity index is 2.16. The molecular formula is C13H21BFN3O2. The monoisotopic (exact) mass is 281 g/mol. The van der Waals surface area contributed by atoms with E-state index in [1.165, 1.54) is 4.90 Å². The Bertz CT molecular complexity index is 486. The fourth-order valence-corrected chi connectivity index (χ4v) is 2.29. The number of imidazole rings is 1. The summed E-state index contributed by atoms with van der Waals surface area (Å²) in [5.74, 6) is 0.632. The van der Waals surface area contributed by atoms with Gasteiger partial charge in [-0.15, -0.1) is 0 Å². The van der Waals surface area contributed by atoms with Gasteiger partial charge in [0.25, 0.3) is 0 Å². The van der Waals surface area contributed by atoms with Crippen molar-refractivity contribution in [2.45, 2.75) is 51.8 Å². The molecule has 0 aromatic carbocycles. The fraction of sp³-hybridized carbons (Fsp3) is 0.692. The summed E-state index contributed by atoms with van der Waals surface area (Å²) in [6, 6.07) is -0.375. The van der Waals surface area contributed by atoms with Crippen molar-refractivity contribution < 1.29 is 13.9 Å². The van der Waals surface area contributed by atoms with E-state index in [4.69, 9.17) is 4.74 Å². The first-order valence-corrected chi connectivity index (χ1v) is 6.97. The van der Waals surface area contributed by atoms with Gasteiger partial charge in [-0.1, -0.05) is 6.82 Å². The van der Waals surface area contributed by atoms with Crippen LogP contribution < -0.4 is 5.59 Å². The highest BCUT2D eigenvalue weighted by molar-refractivity contribution is 6.50. The first-order chi connectivity index (χ1) is 9.30. The minimum absolute atomic E-state index is 0.0573. The minimum Gasteiger partial charge on any atom is -0.444 e. The van der Waals surface area contributed by atoms with Crippen LogP contribution in [0.2, 0.25) is 6.82 Å². The lowest BCUT2D eigenvalue weighted by Crippen LogP contribution is -2.37. The average molecular weight is 281 g/mol. The molecule has 0 aliphatic carbocycles. The van der Waals surface area contributed by atoms with E-state index >= 15 is 0 Å². The summed E-state index contributed by atoms with van der Waals surface area (Å²) in [6.45, 7) is 7.46. The van der Waals surface area contributed by atoms with Crippen LogP contribution in [-0.2, 0) is 4.74 Å². The van der Waals surface area contributed by atoms with Crippen LogP contribution in [0.3, 0.4) is 0 Å². The number of amides is 1. The molecule has 1 aliphatic heterocycles. The van der Waals surface area contributed by atoms with E-state index < -0.39 is 17.9 Å². The molecule has 1 saturated heterocycles. The number of hydrogen-bond acceptors (Lipinski definition) is 3. The lowest BCUT2D eigenvalue weighted by Gasteiger charge is -2.27. The predicted molar refractivity (Wildman–Crippen MR) is 76.4 cm³/mol. The number of ether oxygens (including phenoxy) is 1. The zero-order chi connectivity index (χ0) is 14.9. The molecule has 0 bridgehead atoms. The highest BCUT2D eigenvalue weighted by atomic mass is 19.1. The summed E-state index contributed by atoms with van der Waals surface area (Å²) in [5.41, 5.74) is 0.389. The second-order valence-corrected chi connectivity index (χ2v) is 6.13. The first-order valence-electron chi connectivity index (χ1n) is 6.97. The maximum Gasteiger partial charge on any atom is 0.411 e. The third-order valence-electron chi connectivity index (χ3n) is 3.22. The van der Waals surface area contributed by atoms with Crippen LogP contribution in [0.1, 0.15) is 39.1 Å². The fourth-order valence-electron chi connectivity index (χ4n) is 2.29. The molecule has 1 N–H and O–H groups in total. The van der Waals surface area contributed by atoms with Crippen molar-refractivity contribution in [3.05, 3.63) is 12.0 Å². The number of alkyl halides is 1. The molecule has 1 fully saturated rings. The zero-order valence-corrected chi connectivity index (χ0v) is 12.4. The number of rotatable bonds is 2. The molecule has 5 nitrogen and oxygen atoms in total. The van der Waals surface area contributed by atoms with Crippen molar-refractivity contribution >= 4 is 19.0 Å². The van der Waals surface area contributed by atoms with E-state index in [1.54, 1.807) is 27.0 Å². The summed E-state index contributed by atoms with van der Waals surface area (Å²) in [7, 11) is 0.825. The van der Waals surface area contributed by atoms with Gasteiger partial charge in [-0.3, -0.25) is 4.90 Å². The van der Waals surface area contributed by atoms with Crippen LogP contribution >= 0.6 is 0 Å². The van der Waals surface area contributed by atoms with Gasteiger partial charge >= 0.3 is 6.09 Å². The lowest BCUT2D eigenvalue weighted by atomic mass is 9.79. The van der Waals surface area contributed by atoms with Gasteiger partial charge in [0.1, 0.15) is 17.6 Å². The second kappa shape index (κ2) is 5.46. The Kier molecular flexibility index (Phi) is 4.06. The van der Waals surface area contributed by atoms with Crippen molar-refractivity contribution in [3.8, 4) is 0 Å². The van der Waals surface area contributed by atoms with Gasteiger partial charge < -0.3 is 9.72 Å². The first kappa shape index (κ1) is 14.9. The minimum atomic E-state index is -1.04. The molecular weight excluding hydrogens is 260 g/mol. The van der Waals surface area contributed by atoms with E-state index in [0.29, 0.717) is 5.82 Å². The molecule has 1 aromatic heterocycles. The number of H-pyrrole nitrogens is 1. The Hall–Kier alpha value is -1.53. The molecule has 1 aromatic rings. The van der Waals surface area contributed by atoms with Crippen molar-refractivity contribution in [3.63, 3.8) is 0 Å². The Morgan fingerprint density at radius 3 is 2.85 bits per heavy atom. The molecule has 1 aliphatic rings. The summed E-state index contributed by atoms with van der Waals surface area (Å²) >= 11 is 0. The number of halogens is 1. The van der Waals surface area contributed by atoms with Crippen molar-refractivity contribution in [1.29, 1.82) is 0 Å². The van der Waals surface area contributed by atoms with E-state index in [0.717, 1.165) is 12.9 Å². The number of hydrogen-bond donors (Lipinski definition) is 1. The molecule has 1 unspecified atom stereocenters. The van der Waals surface area contributed by atoms with Gasteiger partial charge in [-0.05, 0) is 26.4 Å². The molecule has 0 saturated carbocycles. The van der Waals surface area contributed by atoms with Crippen LogP contribution in [0.25, 0.3) is 0 Å². The van der Waals surface area contributed by atoms with Crippen LogP contribution in [-0.4, -0.2) is 46.6 Å². The molecule has 1 amide bonds. The van der Waals surface area contributed by atoms with Gasteiger partial charge in [0.05, 0.1) is 12.6 Å². The van der Waals surface area contributed by atoms with Crippen LogP contribution in [0, 0.1) is 0 Å². The van der Waals surface area contributed by atoms with Crippen LogP contribution in [0.15, 0.2) is 6.20 Å². The molecule has 20 heavy (non-hydrogen) atoms. The number of nitrogens with zero attached hydrogens (tertiary/aromatic N) is 2. The lowest BCUT2D eigenvalue weighted by molar-refractivity contribution is 0.0211. The molecule has 2 atom stereocenters. The molecule has 7 heteroatoms. The third-order valence-corrected chi connectivity index (χ3v) is 3.22. The quantitative estimate of drug-likeness (QED) is 0.836. The highest BCUT2D eigenvalue weighted by Gasteiger charge is 2.39. The van der Waals surface area contributed by atoms with Crippen molar-refractivity contribution in [2.24, 2.45) is 0 Å². The maximum absolute atomic E-state index is 13.7. The van der Waals surface area contributed by atoms with E-state index in [2.05, 4.69) is 9.97 Å². The van der Waals surface area contributed by atoms with Gasteiger partial charge in [0.15, 0.2) is 7.28 Å². The Labute approximate surface area is 119 Å². The summed E-state index contributed by atoms with van der Waals surface area (Å²) in [4.78, 5) is 21.0. The summed E-state index contributed by atoms with van der Waals surface area (Å²) in [6.07, 6.45) is 0.462. The number of nitrogens with one attached hydrogen (secondary N) is 1. The van der Waals surface area contributed by atoms with E-state index in [1.807, 2.05) is 6.82 Å². The normalized spacial score (nSPS) is 22.9. The molecule has 0 radical (unpaired) electrons. The Morgan fingerprint density at radius 1 is 1.60 bits per heavy atom. The number of carbonyl (C=O) groups excluding carboxylic acids is 1. The highest BCUT2D eigenvalue weighted by Crippen LogP contribution is 2.32. The SMILES string of the molecule is CBc1cnc(C2C[C@@H](F)CN2C(=O)OC(C)(C)C)[nH]1. The van der Waals surface area contributed by atoms with Crippen LogP contribution in [0.4, 0.5) is 9.18 Å². The smallest absolute Gasteiger partial charge is 0.411 e. The van der Waals surface area contributed by atoms with E-state index in [9.17, 15) is 9.18 Å². The van der Waals surface area contributed by atoms with Crippen LogP contribution in [0.5, 0.6) is 0 Å². The van der Waals surface area contributed by atoms with Gasteiger partial charge in [0.2, 0.25) is 0 Å². The van der Waals surface area contributed by atoms with Gasteiger partial charge in [0, 0.05) is 12.6 Å². The molecule has 110 valence electrons. The second-order valence-electron chi connectivity index (χ2n) is 6.13. The average Bonchev–Trinajstić information content (AvgIpc) is 2.92. The summed E-state index contributed by atoms with van der Waals surface area (Å²) in [5, 5.41) is 0. The number of carbonyl (C=O) groups is 1. The molecule has 2 heterocycles. The van der Waals surface area contributed by atoms with E-state index in [-0.39, 0.29) is 19.0 Å². The number of aromatic nitrogens is 2. The van der Waals surface area contributed by atoms with Gasteiger partial charge in [-0.25, -0.2) is 14.2 Å². The van der Waals surface area contributed by atoms with Crippen molar-refractivity contribution in [1.82, 2.24) is 14.9 Å². The number of likely N-dealkylation sites (tertiary alicyclic amines) is 1. The molecule has 2 rings (SSSR count). The predicted octanol–water partition coefficient (Wildman–Crippen LogP) is 1.54. The van der Waals surface area contributed by atoms with Crippen molar-refractivity contribution in [2.75, 3.05) is 6.54 Å². The zero-order valence-electron chi connectivity index (χ0n) is 12.4. The van der Waals surface area contributed by atoms with Gasteiger partial charge in [-0.2, -0.15) is 0 Å². The third kappa shape index (κ3) is 3.32.